The monoisotopic (exact) mass is 432 g/mol. The van der Waals surface area contributed by atoms with Gasteiger partial charge < -0.3 is 20.1 Å². The van der Waals surface area contributed by atoms with Gasteiger partial charge in [-0.25, -0.2) is 0 Å². The third kappa shape index (κ3) is 4.54. The van der Waals surface area contributed by atoms with Crippen LogP contribution in [0.15, 0.2) is 48.7 Å². The maximum absolute atomic E-state index is 12.6. The lowest BCUT2D eigenvalue weighted by atomic mass is 9.67. The minimum Gasteiger partial charge on any atom is -0.493 e. The number of alkyl halides is 3. The van der Waals surface area contributed by atoms with Crippen molar-refractivity contribution in [1.29, 1.82) is 0 Å². The second-order valence-electron chi connectivity index (χ2n) is 8.28. The molecule has 1 amide bonds. The summed E-state index contributed by atoms with van der Waals surface area (Å²) in [7, 11) is 0. The Morgan fingerprint density at radius 2 is 1.94 bits per heavy atom. The molecule has 0 radical (unpaired) electrons. The van der Waals surface area contributed by atoms with E-state index in [9.17, 15) is 23.1 Å². The van der Waals surface area contributed by atoms with Gasteiger partial charge >= 0.3 is 6.18 Å². The van der Waals surface area contributed by atoms with Gasteiger partial charge in [0.25, 0.3) is 0 Å². The third-order valence-electron chi connectivity index (χ3n) is 5.76. The van der Waals surface area contributed by atoms with Crippen molar-refractivity contribution in [3.63, 3.8) is 0 Å². The summed E-state index contributed by atoms with van der Waals surface area (Å²) in [5.41, 5.74) is 0.980. The zero-order chi connectivity index (χ0) is 22.2. The SMILES string of the molecule is C[C@]1(C(=O)Nc2c[nH]c3ccc(OCCc4ccc(C(F)(F)F)cc4)cc23)C[C@@H](O)C1. The number of anilines is 1. The summed E-state index contributed by atoms with van der Waals surface area (Å²) in [5.74, 6) is 0.465. The summed E-state index contributed by atoms with van der Waals surface area (Å²) >= 11 is 0. The Bertz CT molecular complexity index is 1080. The van der Waals surface area contributed by atoms with Crippen molar-refractivity contribution in [2.45, 2.75) is 38.5 Å². The zero-order valence-electron chi connectivity index (χ0n) is 16.9. The first-order valence-electron chi connectivity index (χ1n) is 10.0. The molecule has 4 rings (SSSR count). The van der Waals surface area contributed by atoms with Gasteiger partial charge in [-0.2, -0.15) is 13.2 Å². The predicted octanol–water partition coefficient (Wildman–Crippen LogP) is 4.91. The molecule has 1 aromatic heterocycles. The average molecular weight is 432 g/mol. The Morgan fingerprint density at radius 3 is 2.58 bits per heavy atom. The average Bonchev–Trinajstić information content (AvgIpc) is 3.09. The van der Waals surface area contributed by atoms with Crippen LogP contribution in [0.1, 0.15) is 30.9 Å². The number of aliphatic hydroxyl groups is 1. The molecular formula is C23H23F3N2O3. The van der Waals surface area contributed by atoms with Crippen molar-refractivity contribution in [3.8, 4) is 5.75 Å². The molecule has 0 saturated heterocycles. The van der Waals surface area contributed by atoms with Crippen molar-refractivity contribution in [1.82, 2.24) is 4.98 Å². The Labute approximate surface area is 177 Å². The number of fused-ring (bicyclic) bond motifs is 1. The van der Waals surface area contributed by atoms with Crippen LogP contribution in [0.5, 0.6) is 5.75 Å². The summed E-state index contributed by atoms with van der Waals surface area (Å²) in [4.78, 5) is 15.7. The van der Waals surface area contributed by atoms with E-state index >= 15 is 0 Å². The first-order valence-corrected chi connectivity index (χ1v) is 10.0. The van der Waals surface area contributed by atoms with Gasteiger partial charge in [-0.3, -0.25) is 4.79 Å². The predicted molar refractivity (Wildman–Crippen MR) is 111 cm³/mol. The minimum atomic E-state index is -4.34. The number of hydrogen-bond donors (Lipinski definition) is 3. The molecule has 3 N–H and O–H groups in total. The number of hydrogen-bond acceptors (Lipinski definition) is 3. The fourth-order valence-corrected chi connectivity index (χ4v) is 3.88. The topological polar surface area (TPSA) is 74.4 Å². The van der Waals surface area contributed by atoms with Crippen molar-refractivity contribution >= 4 is 22.5 Å². The van der Waals surface area contributed by atoms with E-state index in [2.05, 4.69) is 10.3 Å². The van der Waals surface area contributed by atoms with E-state index in [0.717, 1.165) is 28.6 Å². The van der Waals surface area contributed by atoms with Crippen molar-refractivity contribution in [3.05, 3.63) is 59.8 Å². The number of halogens is 3. The highest BCUT2D eigenvalue weighted by Crippen LogP contribution is 2.42. The normalized spacial score (nSPS) is 21.0. The van der Waals surface area contributed by atoms with Gasteiger partial charge in [-0.05, 0) is 48.7 Å². The first kappa shape index (κ1) is 21.2. The maximum atomic E-state index is 12.6. The minimum absolute atomic E-state index is 0.132. The number of aromatic amines is 1. The summed E-state index contributed by atoms with van der Waals surface area (Å²) < 4.78 is 43.7. The number of carbonyl (C=O) groups excluding carboxylic acids is 1. The summed E-state index contributed by atoms with van der Waals surface area (Å²) in [5, 5.41) is 13.2. The quantitative estimate of drug-likeness (QED) is 0.518. The van der Waals surface area contributed by atoms with E-state index < -0.39 is 23.3 Å². The van der Waals surface area contributed by atoms with Gasteiger partial charge in [0.05, 0.1) is 29.4 Å². The fourth-order valence-electron chi connectivity index (χ4n) is 3.88. The van der Waals surface area contributed by atoms with E-state index in [4.69, 9.17) is 4.74 Å². The van der Waals surface area contributed by atoms with Gasteiger partial charge in [0.2, 0.25) is 5.91 Å². The molecule has 3 aromatic rings. The number of benzene rings is 2. The van der Waals surface area contributed by atoms with Crippen LogP contribution in [0.25, 0.3) is 10.9 Å². The molecule has 0 unspecified atom stereocenters. The van der Waals surface area contributed by atoms with E-state index in [1.54, 1.807) is 12.3 Å². The number of ether oxygens (including phenoxy) is 1. The highest BCUT2D eigenvalue weighted by Gasteiger charge is 2.45. The van der Waals surface area contributed by atoms with Gasteiger partial charge in [-0.1, -0.05) is 19.1 Å². The standard InChI is InChI=1S/C23H23F3N2O3/c1-22(11-16(29)12-22)21(30)28-20-13-27-19-7-6-17(10-18(19)20)31-9-8-14-2-4-15(5-3-14)23(24,25)26/h2-7,10,13,16,27,29H,8-9,11-12H2,1H3,(H,28,30)/t16-,22+. The summed E-state index contributed by atoms with van der Waals surface area (Å²) in [6, 6.07) is 10.5. The van der Waals surface area contributed by atoms with Crippen molar-refractivity contribution < 1.29 is 27.8 Å². The van der Waals surface area contributed by atoms with Crippen LogP contribution in [-0.2, 0) is 17.4 Å². The van der Waals surface area contributed by atoms with Crippen LogP contribution < -0.4 is 10.1 Å². The largest absolute Gasteiger partial charge is 0.493 e. The van der Waals surface area contributed by atoms with Crippen molar-refractivity contribution in [2.24, 2.45) is 5.41 Å². The van der Waals surface area contributed by atoms with E-state index in [1.165, 1.54) is 12.1 Å². The van der Waals surface area contributed by atoms with E-state index in [1.807, 2.05) is 19.1 Å². The molecule has 2 aromatic carbocycles. The molecule has 0 bridgehead atoms. The lowest BCUT2D eigenvalue weighted by Crippen LogP contribution is -2.47. The number of amides is 1. The molecule has 1 fully saturated rings. The van der Waals surface area contributed by atoms with Gasteiger partial charge in [0.15, 0.2) is 0 Å². The Kier molecular flexibility index (Phi) is 5.43. The number of H-pyrrole nitrogens is 1. The molecule has 1 saturated carbocycles. The number of nitrogens with one attached hydrogen (secondary N) is 2. The van der Waals surface area contributed by atoms with Gasteiger partial charge in [0.1, 0.15) is 5.75 Å². The molecule has 1 aliphatic rings. The molecule has 0 aliphatic heterocycles. The molecule has 8 heteroatoms. The molecule has 31 heavy (non-hydrogen) atoms. The fraction of sp³-hybridized carbons (Fsp3) is 0.348. The lowest BCUT2D eigenvalue weighted by Gasteiger charge is -2.40. The van der Waals surface area contributed by atoms with E-state index in [0.29, 0.717) is 37.3 Å². The van der Waals surface area contributed by atoms with Crippen molar-refractivity contribution in [2.75, 3.05) is 11.9 Å². The smallest absolute Gasteiger partial charge is 0.416 e. The van der Waals surface area contributed by atoms with Crippen LogP contribution >= 0.6 is 0 Å². The number of rotatable bonds is 6. The molecular weight excluding hydrogens is 409 g/mol. The zero-order valence-corrected chi connectivity index (χ0v) is 16.9. The molecule has 164 valence electrons. The maximum Gasteiger partial charge on any atom is 0.416 e. The Balaban J connectivity index is 1.39. The lowest BCUT2D eigenvalue weighted by molar-refractivity contribution is -0.137. The second kappa shape index (κ2) is 7.92. The van der Waals surface area contributed by atoms with E-state index in [-0.39, 0.29) is 5.91 Å². The molecule has 0 spiro atoms. The third-order valence-corrected chi connectivity index (χ3v) is 5.76. The number of aromatic nitrogens is 1. The molecule has 0 atom stereocenters. The highest BCUT2D eigenvalue weighted by atomic mass is 19.4. The van der Waals surface area contributed by atoms with Crippen LogP contribution in [-0.4, -0.2) is 28.7 Å². The highest BCUT2D eigenvalue weighted by molar-refractivity contribution is 6.04. The second-order valence-corrected chi connectivity index (χ2v) is 8.28. The Hall–Kier alpha value is -3.00. The summed E-state index contributed by atoms with van der Waals surface area (Å²) in [6.45, 7) is 2.14. The summed E-state index contributed by atoms with van der Waals surface area (Å²) in [6.07, 6.45) is -1.70. The van der Waals surface area contributed by atoms with Crippen LogP contribution in [0, 0.1) is 5.41 Å². The molecule has 1 aliphatic carbocycles. The molecule has 5 nitrogen and oxygen atoms in total. The number of carbonyl (C=O) groups is 1. The van der Waals surface area contributed by atoms with Crippen LogP contribution in [0.2, 0.25) is 0 Å². The molecule has 1 heterocycles. The van der Waals surface area contributed by atoms with Gasteiger partial charge in [-0.15, -0.1) is 0 Å². The first-order chi connectivity index (χ1) is 14.6. The van der Waals surface area contributed by atoms with Crippen LogP contribution in [0.3, 0.4) is 0 Å². The van der Waals surface area contributed by atoms with Crippen LogP contribution in [0.4, 0.5) is 18.9 Å². The van der Waals surface area contributed by atoms with Gasteiger partial charge in [0, 0.05) is 23.5 Å². The number of aliphatic hydroxyl groups excluding tert-OH is 1. The Morgan fingerprint density at radius 1 is 1.23 bits per heavy atom.